The van der Waals surface area contributed by atoms with Gasteiger partial charge in [-0.1, -0.05) is 6.92 Å². The normalized spacial score (nSPS) is 25.3. The summed E-state index contributed by atoms with van der Waals surface area (Å²) in [6, 6.07) is 0. The van der Waals surface area contributed by atoms with Crippen LogP contribution in [0.3, 0.4) is 0 Å². The zero-order valence-corrected chi connectivity index (χ0v) is 8.69. The van der Waals surface area contributed by atoms with Gasteiger partial charge in [0.1, 0.15) is 6.54 Å². The van der Waals surface area contributed by atoms with Gasteiger partial charge >= 0.3 is 5.97 Å². The van der Waals surface area contributed by atoms with Crippen LogP contribution in [0.1, 0.15) is 26.7 Å². The van der Waals surface area contributed by atoms with Crippen molar-refractivity contribution in [3.05, 3.63) is 0 Å². The predicted molar refractivity (Wildman–Crippen MR) is 51.8 cm³/mol. The van der Waals surface area contributed by atoms with Gasteiger partial charge in [-0.3, -0.25) is 9.59 Å². The molecule has 0 radical (unpaired) electrons. The van der Waals surface area contributed by atoms with E-state index in [0.717, 1.165) is 12.8 Å². The van der Waals surface area contributed by atoms with Crippen molar-refractivity contribution in [1.82, 2.24) is 4.90 Å². The summed E-state index contributed by atoms with van der Waals surface area (Å²) in [6.45, 7) is 4.23. The summed E-state index contributed by atoms with van der Waals surface area (Å²) in [5.74, 6) is -0.239. The summed E-state index contributed by atoms with van der Waals surface area (Å²) < 4.78 is 0. The SMILES string of the molecule is CCN(CC(=O)O)C(=O)C1CC(C)C1. The Hall–Kier alpha value is -1.06. The number of hydrogen-bond acceptors (Lipinski definition) is 2. The number of amides is 1. The number of rotatable bonds is 4. The van der Waals surface area contributed by atoms with Gasteiger partial charge in [-0.2, -0.15) is 0 Å². The van der Waals surface area contributed by atoms with Crippen molar-refractivity contribution < 1.29 is 14.7 Å². The van der Waals surface area contributed by atoms with E-state index < -0.39 is 5.97 Å². The van der Waals surface area contributed by atoms with Crippen LogP contribution in [0.2, 0.25) is 0 Å². The zero-order chi connectivity index (χ0) is 10.7. The lowest BCUT2D eigenvalue weighted by Crippen LogP contribution is -2.43. The number of carboxylic acids is 1. The molecule has 0 aliphatic heterocycles. The van der Waals surface area contributed by atoms with E-state index in [4.69, 9.17) is 5.11 Å². The Morgan fingerprint density at radius 3 is 2.36 bits per heavy atom. The maximum atomic E-state index is 11.7. The summed E-state index contributed by atoms with van der Waals surface area (Å²) in [6.07, 6.45) is 1.82. The number of likely N-dealkylation sites (N-methyl/N-ethyl adjacent to an activating group) is 1. The molecule has 1 saturated carbocycles. The predicted octanol–water partition coefficient (Wildman–Crippen LogP) is 0.966. The Morgan fingerprint density at radius 1 is 1.43 bits per heavy atom. The Kier molecular flexibility index (Phi) is 3.49. The van der Waals surface area contributed by atoms with Crippen molar-refractivity contribution in [2.24, 2.45) is 11.8 Å². The molecule has 0 aromatic carbocycles. The Labute approximate surface area is 83.9 Å². The van der Waals surface area contributed by atoms with Crippen LogP contribution in [0, 0.1) is 11.8 Å². The molecule has 80 valence electrons. The topological polar surface area (TPSA) is 57.6 Å². The fraction of sp³-hybridized carbons (Fsp3) is 0.800. The van der Waals surface area contributed by atoms with E-state index in [1.54, 1.807) is 0 Å². The minimum Gasteiger partial charge on any atom is -0.480 e. The van der Waals surface area contributed by atoms with Crippen LogP contribution in [0.4, 0.5) is 0 Å². The van der Waals surface area contributed by atoms with E-state index in [2.05, 4.69) is 6.92 Å². The molecule has 0 atom stereocenters. The van der Waals surface area contributed by atoms with Crippen LogP contribution in [0.25, 0.3) is 0 Å². The van der Waals surface area contributed by atoms with Gasteiger partial charge in [0.05, 0.1) is 0 Å². The van der Waals surface area contributed by atoms with E-state index in [0.29, 0.717) is 12.5 Å². The van der Waals surface area contributed by atoms with Crippen molar-refractivity contribution in [2.75, 3.05) is 13.1 Å². The molecule has 0 aromatic heterocycles. The zero-order valence-electron chi connectivity index (χ0n) is 8.69. The summed E-state index contributed by atoms with van der Waals surface area (Å²) in [5.41, 5.74) is 0. The highest BCUT2D eigenvalue weighted by Crippen LogP contribution is 2.34. The Bertz CT molecular complexity index is 234. The third kappa shape index (κ3) is 2.47. The Balaban J connectivity index is 2.44. The number of carbonyl (C=O) groups is 2. The lowest BCUT2D eigenvalue weighted by molar-refractivity contribution is -0.148. The van der Waals surface area contributed by atoms with Gasteiger partial charge < -0.3 is 10.0 Å². The van der Waals surface area contributed by atoms with Crippen molar-refractivity contribution in [1.29, 1.82) is 0 Å². The van der Waals surface area contributed by atoms with Gasteiger partial charge in [-0.25, -0.2) is 0 Å². The highest BCUT2D eigenvalue weighted by molar-refractivity contribution is 5.83. The van der Waals surface area contributed by atoms with E-state index in [1.807, 2.05) is 6.92 Å². The first-order valence-electron chi connectivity index (χ1n) is 5.05. The fourth-order valence-corrected chi connectivity index (χ4v) is 1.87. The summed E-state index contributed by atoms with van der Waals surface area (Å²) in [7, 11) is 0. The molecule has 0 aromatic rings. The summed E-state index contributed by atoms with van der Waals surface area (Å²) >= 11 is 0. The van der Waals surface area contributed by atoms with E-state index in [-0.39, 0.29) is 18.4 Å². The molecule has 0 bridgehead atoms. The average Bonchev–Trinajstić information content (AvgIpc) is 2.07. The highest BCUT2D eigenvalue weighted by atomic mass is 16.4. The first-order valence-corrected chi connectivity index (χ1v) is 5.05. The maximum Gasteiger partial charge on any atom is 0.323 e. The minimum atomic E-state index is -0.937. The second-order valence-corrected chi connectivity index (χ2v) is 4.02. The van der Waals surface area contributed by atoms with Crippen LogP contribution < -0.4 is 0 Å². The van der Waals surface area contributed by atoms with Crippen LogP contribution in [0.5, 0.6) is 0 Å². The standard InChI is InChI=1S/C10H17NO3/c1-3-11(6-9(12)13)10(14)8-4-7(2)5-8/h7-8H,3-6H2,1-2H3,(H,12,13). The first-order chi connectivity index (χ1) is 6.54. The highest BCUT2D eigenvalue weighted by Gasteiger charge is 2.34. The molecular weight excluding hydrogens is 182 g/mol. The minimum absolute atomic E-state index is 0.00741. The van der Waals surface area contributed by atoms with Crippen LogP contribution >= 0.6 is 0 Å². The van der Waals surface area contributed by atoms with Crippen molar-refractivity contribution in [3.63, 3.8) is 0 Å². The van der Waals surface area contributed by atoms with Gasteiger partial charge in [0.15, 0.2) is 0 Å². The second kappa shape index (κ2) is 4.44. The molecule has 4 nitrogen and oxygen atoms in total. The van der Waals surface area contributed by atoms with E-state index >= 15 is 0 Å². The monoisotopic (exact) mass is 199 g/mol. The third-order valence-electron chi connectivity index (χ3n) is 2.74. The molecule has 0 spiro atoms. The average molecular weight is 199 g/mol. The van der Waals surface area contributed by atoms with Gasteiger partial charge in [0, 0.05) is 12.5 Å². The molecule has 1 aliphatic carbocycles. The number of hydrogen-bond donors (Lipinski definition) is 1. The van der Waals surface area contributed by atoms with Gasteiger partial charge in [-0.05, 0) is 25.7 Å². The molecule has 1 fully saturated rings. The number of carboxylic acid groups (broad SMARTS) is 1. The molecule has 4 heteroatoms. The number of aliphatic carboxylic acids is 1. The number of nitrogens with zero attached hydrogens (tertiary/aromatic N) is 1. The fourth-order valence-electron chi connectivity index (χ4n) is 1.87. The molecule has 1 N–H and O–H groups in total. The van der Waals surface area contributed by atoms with Gasteiger partial charge in [-0.15, -0.1) is 0 Å². The molecule has 0 heterocycles. The van der Waals surface area contributed by atoms with Crippen molar-refractivity contribution >= 4 is 11.9 Å². The number of carbonyl (C=O) groups excluding carboxylic acids is 1. The van der Waals surface area contributed by atoms with Crippen molar-refractivity contribution in [2.45, 2.75) is 26.7 Å². The molecule has 0 unspecified atom stereocenters. The quantitative estimate of drug-likeness (QED) is 0.733. The molecule has 1 amide bonds. The first kappa shape index (κ1) is 11.0. The molecule has 14 heavy (non-hydrogen) atoms. The lowest BCUT2D eigenvalue weighted by Gasteiger charge is -2.34. The largest absolute Gasteiger partial charge is 0.480 e. The summed E-state index contributed by atoms with van der Waals surface area (Å²) in [4.78, 5) is 23.6. The molecular formula is C10H17NO3. The van der Waals surface area contributed by atoms with Crippen LogP contribution in [-0.4, -0.2) is 35.0 Å². The maximum absolute atomic E-state index is 11.7. The van der Waals surface area contributed by atoms with Crippen molar-refractivity contribution in [3.8, 4) is 0 Å². The van der Waals surface area contributed by atoms with Crippen LogP contribution in [-0.2, 0) is 9.59 Å². The van der Waals surface area contributed by atoms with E-state index in [1.165, 1.54) is 4.90 Å². The summed E-state index contributed by atoms with van der Waals surface area (Å²) in [5, 5.41) is 8.59. The lowest BCUT2D eigenvalue weighted by atomic mass is 9.75. The van der Waals surface area contributed by atoms with Gasteiger partial charge in [0.2, 0.25) is 5.91 Å². The molecule has 1 aliphatic rings. The van der Waals surface area contributed by atoms with E-state index in [9.17, 15) is 9.59 Å². The van der Waals surface area contributed by atoms with Crippen LogP contribution in [0.15, 0.2) is 0 Å². The second-order valence-electron chi connectivity index (χ2n) is 4.02. The molecule has 0 saturated heterocycles. The Morgan fingerprint density at radius 2 is 2.00 bits per heavy atom. The smallest absolute Gasteiger partial charge is 0.323 e. The third-order valence-corrected chi connectivity index (χ3v) is 2.74. The molecule has 1 rings (SSSR count). The van der Waals surface area contributed by atoms with Gasteiger partial charge in [0.25, 0.3) is 0 Å².